The van der Waals surface area contributed by atoms with Gasteiger partial charge in [-0.3, -0.25) is 0 Å². The summed E-state index contributed by atoms with van der Waals surface area (Å²) in [7, 11) is 0. The zero-order chi connectivity index (χ0) is 38.8. The molecule has 0 atom stereocenters. The van der Waals surface area contributed by atoms with Crippen LogP contribution in [0.2, 0.25) is 0 Å². The zero-order valence-corrected chi connectivity index (χ0v) is 32.5. The Morgan fingerprint density at radius 3 is 0.911 bits per heavy atom. The van der Waals surface area contributed by atoms with Crippen molar-refractivity contribution in [1.29, 1.82) is 0 Å². The molecule has 8 rings (SSSR count). The Hall–Kier alpha value is -6.96. The normalized spacial score (nSPS) is 10.6. The van der Waals surface area contributed by atoms with Crippen LogP contribution in [0.5, 0.6) is 0 Å². The maximum Gasteiger partial charge on any atom is 0.0462 e. The standard InChI is InChI=1S/C33H27N.C15H14.C7H8/c1-26-12-18-29(19-13-26)30-20-24-33(25-21-30)34(31-10-6-3-7-11-31)32-22-16-28(17-23-32)15-14-27-8-4-2-5-9-27;1-13-7-9-15(10-8-13)12-11-14-5-3-2-4-6-14;1-7-5-3-2-4-6-7/h2-25H,1H3;2-12H,1H3;2-6H,1H3/b15-14+;12-11+;. The van der Waals surface area contributed by atoms with Gasteiger partial charge in [0.25, 0.3) is 0 Å². The van der Waals surface area contributed by atoms with Crippen LogP contribution >= 0.6 is 0 Å². The number of hydrogen-bond acceptors (Lipinski definition) is 1. The van der Waals surface area contributed by atoms with Crippen molar-refractivity contribution >= 4 is 41.4 Å². The summed E-state index contributed by atoms with van der Waals surface area (Å²) in [5.41, 5.74) is 14.6. The molecule has 8 aromatic carbocycles. The number of anilines is 3. The van der Waals surface area contributed by atoms with Gasteiger partial charge in [0.1, 0.15) is 0 Å². The summed E-state index contributed by atoms with van der Waals surface area (Å²) < 4.78 is 0. The lowest BCUT2D eigenvalue weighted by molar-refractivity contribution is 1.28. The zero-order valence-electron chi connectivity index (χ0n) is 32.5. The van der Waals surface area contributed by atoms with Crippen molar-refractivity contribution in [3.8, 4) is 11.1 Å². The van der Waals surface area contributed by atoms with Crippen LogP contribution in [0, 0.1) is 20.8 Å². The van der Waals surface area contributed by atoms with E-state index in [1.54, 1.807) is 0 Å². The molecule has 0 unspecified atom stereocenters. The van der Waals surface area contributed by atoms with E-state index in [0.29, 0.717) is 0 Å². The van der Waals surface area contributed by atoms with E-state index < -0.39 is 0 Å². The highest BCUT2D eigenvalue weighted by molar-refractivity contribution is 5.79. The van der Waals surface area contributed by atoms with E-state index in [2.05, 4.69) is 238 Å². The minimum atomic E-state index is 1.13. The summed E-state index contributed by atoms with van der Waals surface area (Å²) in [6.45, 7) is 6.30. The fraction of sp³-hybridized carbons (Fsp3) is 0.0545. The summed E-state index contributed by atoms with van der Waals surface area (Å²) in [6, 6.07) is 76.2. The average Bonchev–Trinajstić information content (AvgIpc) is 3.26. The fourth-order valence-corrected chi connectivity index (χ4v) is 6.03. The van der Waals surface area contributed by atoms with Crippen LogP contribution < -0.4 is 4.90 Å². The minimum Gasteiger partial charge on any atom is -0.311 e. The number of rotatable bonds is 8. The van der Waals surface area contributed by atoms with Crippen LogP contribution in [0.15, 0.2) is 218 Å². The van der Waals surface area contributed by atoms with Crippen LogP contribution in [0.1, 0.15) is 38.9 Å². The van der Waals surface area contributed by atoms with E-state index in [1.807, 2.05) is 30.3 Å². The van der Waals surface area contributed by atoms with Crippen molar-refractivity contribution in [1.82, 2.24) is 0 Å². The molecule has 0 amide bonds. The van der Waals surface area contributed by atoms with Crippen molar-refractivity contribution in [2.24, 2.45) is 0 Å². The molecule has 8 aromatic rings. The van der Waals surface area contributed by atoms with Gasteiger partial charge in [0.05, 0.1) is 0 Å². The molecule has 0 aliphatic carbocycles. The first-order valence-electron chi connectivity index (χ1n) is 19.2. The Balaban J connectivity index is 0.000000197. The molecule has 274 valence electrons. The second kappa shape index (κ2) is 20.5. The molecule has 0 saturated carbocycles. The molecular formula is C55H49N. The number of benzene rings is 8. The molecule has 0 saturated heterocycles. The molecule has 0 aliphatic rings. The quantitative estimate of drug-likeness (QED) is 0.141. The van der Waals surface area contributed by atoms with Crippen LogP contribution in [-0.4, -0.2) is 0 Å². The minimum absolute atomic E-state index is 1.13. The van der Waals surface area contributed by atoms with Gasteiger partial charge >= 0.3 is 0 Å². The molecule has 1 heteroatoms. The molecule has 0 aromatic heterocycles. The van der Waals surface area contributed by atoms with Crippen molar-refractivity contribution < 1.29 is 0 Å². The molecule has 0 radical (unpaired) electrons. The number of nitrogens with zero attached hydrogens (tertiary/aromatic N) is 1. The van der Waals surface area contributed by atoms with Crippen LogP contribution in [0.25, 0.3) is 35.4 Å². The lowest BCUT2D eigenvalue weighted by Gasteiger charge is -2.25. The first-order chi connectivity index (χ1) is 27.5. The van der Waals surface area contributed by atoms with Gasteiger partial charge in [-0.25, -0.2) is 0 Å². The molecule has 0 heterocycles. The first kappa shape index (κ1) is 38.8. The van der Waals surface area contributed by atoms with Crippen molar-refractivity contribution in [2.75, 3.05) is 4.90 Å². The average molecular weight is 724 g/mol. The monoisotopic (exact) mass is 723 g/mol. The third kappa shape index (κ3) is 12.0. The maximum atomic E-state index is 2.30. The lowest BCUT2D eigenvalue weighted by Crippen LogP contribution is -2.09. The van der Waals surface area contributed by atoms with Crippen molar-refractivity contribution in [2.45, 2.75) is 20.8 Å². The smallest absolute Gasteiger partial charge is 0.0462 e. The Bertz CT molecular complexity index is 2360. The van der Waals surface area contributed by atoms with Gasteiger partial charge in [0.15, 0.2) is 0 Å². The molecule has 0 aliphatic heterocycles. The Morgan fingerprint density at radius 1 is 0.250 bits per heavy atom. The molecule has 0 bridgehead atoms. The second-order valence-corrected chi connectivity index (χ2v) is 13.7. The summed E-state index contributed by atoms with van der Waals surface area (Å²) in [5.74, 6) is 0. The molecule has 0 N–H and O–H groups in total. The topological polar surface area (TPSA) is 3.24 Å². The lowest BCUT2D eigenvalue weighted by atomic mass is 10.0. The van der Waals surface area contributed by atoms with Crippen LogP contribution in [-0.2, 0) is 0 Å². The van der Waals surface area contributed by atoms with Gasteiger partial charge in [-0.15, -0.1) is 0 Å². The van der Waals surface area contributed by atoms with E-state index in [-0.39, 0.29) is 0 Å². The SMILES string of the molecule is Cc1ccc(-c2ccc(N(c3ccccc3)c3ccc(/C=C/c4ccccc4)cc3)cc2)cc1.Cc1ccc(/C=C/c2ccccc2)cc1.Cc1ccccc1. The summed E-state index contributed by atoms with van der Waals surface area (Å²) in [4.78, 5) is 2.30. The molecule has 56 heavy (non-hydrogen) atoms. The predicted octanol–water partition coefficient (Wildman–Crippen LogP) is 15.5. The highest BCUT2D eigenvalue weighted by Gasteiger charge is 2.12. The number of aryl methyl sites for hydroxylation is 3. The van der Waals surface area contributed by atoms with E-state index in [0.717, 1.165) is 17.1 Å². The van der Waals surface area contributed by atoms with E-state index in [9.17, 15) is 0 Å². The van der Waals surface area contributed by atoms with E-state index >= 15 is 0 Å². The molecule has 0 fully saturated rings. The molecule has 0 spiro atoms. The molecule has 1 nitrogen and oxygen atoms in total. The summed E-state index contributed by atoms with van der Waals surface area (Å²) in [5, 5.41) is 0. The highest BCUT2D eigenvalue weighted by atomic mass is 15.1. The van der Waals surface area contributed by atoms with E-state index in [4.69, 9.17) is 0 Å². The van der Waals surface area contributed by atoms with Crippen LogP contribution in [0.4, 0.5) is 17.1 Å². The third-order valence-corrected chi connectivity index (χ3v) is 9.23. The largest absolute Gasteiger partial charge is 0.311 e. The Kier molecular flexibility index (Phi) is 14.2. The Labute approximate surface area is 334 Å². The van der Waals surface area contributed by atoms with Crippen molar-refractivity contribution in [3.05, 3.63) is 257 Å². The highest BCUT2D eigenvalue weighted by Crippen LogP contribution is 2.35. The van der Waals surface area contributed by atoms with E-state index in [1.165, 1.54) is 50.1 Å². The van der Waals surface area contributed by atoms with Gasteiger partial charge in [-0.2, -0.15) is 0 Å². The summed E-state index contributed by atoms with van der Waals surface area (Å²) in [6.07, 6.45) is 8.57. The summed E-state index contributed by atoms with van der Waals surface area (Å²) >= 11 is 0. The van der Waals surface area contributed by atoms with Gasteiger partial charge in [-0.05, 0) is 90.6 Å². The fourth-order valence-electron chi connectivity index (χ4n) is 6.03. The first-order valence-corrected chi connectivity index (χ1v) is 19.2. The third-order valence-electron chi connectivity index (χ3n) is 9.23. The Morgan fingerprint density at radius 2 is 0.518 bits per heavy atom. The van der Waals surface area contributed by atoms with Gasteiger partial charge in [0.2, 0.25) is 0 Å². The maximum absolute atomic E-state index is 2.30. The predicted molar refractivity (Wildman–Crippen MR) is 244 cm³/mol. The number of hydrogen-bond donors (Lipinski definition) is 0. The van der Waals surface area contributed by atoms with Crippen LogP contribution in [0.3, 0.4) is 0 Å². The van der Waals surface area contributed by atoms with Gasteiger partial charge < -0.3 is 4.90 Å². The molecular weight excluding hydrogens is 675 g/mol. The number of para-hydroxylation sites is 1. The van der Waals surface area contributed by atoms with Crippen molar-refractivity contribution in [3.63, 3.8) is 0 Å². The second-order valence-electron chi connectivity index (χ2n) is 13.7. The van der Waals surface area contributed by atoms with Gasteiger partial charge in [-0.1, -0.05) is 223 Å². The van der Waals surface area contributed by atoms with Gasteiger partial charge in [0, 0.05) is 17.1 Å².